The topological polar surface area (TPSA) is 60.9 Å². The molecule has 39 heavy (non-hydrogen) atoms. The van der Waals surface area contributed by atoms with Crippen molar-refractivity contribution in [3.05, 3.63) is 70.0 Å². The number of carbonyl (C=O) groups excluding carboxylic acids is 2. The molecule has 0 spiro atoms. The molecule has 2 unspecified atom stereocenters. The second kappa shape index (κ2) is 10.1. The van der Waals surface area contributed by atoms with E-state index in [1.165, 1.54) is 30.1 Å². The van der Waals surface area contributed by atoms with Crippen molar-refractivity contribution in [3.8, 4) is 0 Å². The van der Waals surface area contributed by atoms with Crippen LogP contribution in [0.1, 0.15) is 53.0 Å². The van der Waals surface area contributed by atoms with E-state index in [-0.39, 0.29) is 31.1 Å². The van der Waals surface area contributed by atoms with E-state index in [4.69, 9.17) is 0 Å². The average molecular weight is 561 g/mol. The quantitative estimate of drug-likeness (QED) is 0.506. The predicted octanol–water partition coefficient (Wildman–Crippen LogP) is 5.29. The van der Waals surface area contributed by atoms with Crippen molar-refractivity contribution >= 4 is 11.8 Å². The van der Waals surface area contributed by atoms with Crippen LogP contribution in [0.15, 0.2) is 36.4 Å². The summed E-state index contributed by atoms with van der Waals surface area (Å²) in [5.74, 6) is -2.92. The van der Waals surface area contributed by atoms with E-state index in [1.807, 2.05) is 0 Å². The molecule has 1 heterocycles. The van der Waals surface area contributed by atoms with Crippen LogP contribution in [0.3, 0.4) is 0 Å². The highest BCUT2D eigenvalue weighted by Crippen LogP contribution is 2.41. The summed E-state index contributed by atoms with van der Waals surface area (Å²) in [5.41, 5.74) is -3.62. The van der Waals surface area contributed by atoms with Crippen LogP contribution in [0.4, 0.5) is 30.7 Å². The first-order valence-electron chi connectivity index (χ1n) is 12.3. The minimum atomic E-state index is -5.02. The van der Waals surface area contributed by atoms with Crippen molar-refractivity contribution in [3.63, 3.8) is 0 Å². The normalized spacial score (nSPS) is 21.0. The number of aliphatic hydroxyl groups is 1. The molecule has 2 amide bonds. The number of alkyl halides is 6. The van der Waals surface area contributed by atoms with Gasteiger partial charge in [0.25, 0.3) is 5.91 Å². The lowest BCUT2D eigenvalue weighted by Gasteiger charge is -2.40. The van der Waals surface area contributed by atoms with Crippen molar-refractivity contribution in [2.75, 3.05) is 20.1 Å². The van der Waals surface area contributed by atoms with Crippen LogP contribution in [0.2, 0.25) is 0 Å². The fraction of sp³-hybridized carbons (Fsp3) is 0.481. The zero-order valence-corrected chi connectivity index (χ0v) is 21.2. The van der Waals surface area contributed by atoms with E-state index in [9.17, 15) is 45.4 Å². The molecular formula is C27H27F7N2O3. The molecule has 212 valence electrons. The molecular weight excluding hydrogens is 533 g/mol. The average Bonchev–Trinajstić information content (AvgIpc) is 3.60. The summed E-state index contributed by atoms with van der Waals surface area (Å²) in [5, 5.41) is 10.3. The molecule has 2 aromatic carbocycles. The van der Waals surface area contributed by atoms with Crippen LogP contribution < -0.4 is 0 Å². The lowest BCUT2D eigenvalue weighted by atomic mass is 9.78. The number of benzene rings is 2. The molecule has 0 radical (unpaired) electrons. The second-order valence-electron chi connectivity index (χ2n) is 10.4. The number of carbonyl (C=O) groups is 2. The van der Waals surface area contributed by atoms with E-state index in [0.29, 0.717) is 36.1 Å². The monoisotopic (exact) mass is 560 g/mol. The first-order valence-corrected chi connectivity index (χ1v) is 12.3. The van der Waals surface area contributed by atoms with Gasteiger partial charge in [-0.1, -0.05) is 6.07 Å². The Bertz CT molecular complexity index is 1240. The summed E-state index contributed by atoms with van der Waals surface area (Å²) in [6.07, 6.45) is -9.25. The molecule has 1 aliphatic heterocycles. The van der Waals surface area contributed by atoms with Gasteiger partial charge in [-0.25, -0.2) is 4.39 Å². The maximum atomic E-state index is 13.8. The molecule has 1 N–H and O–H groups in total. The van der Waals surface area contributed by atoms with Crippen molar-refractivity contribution in [1.29, 1.82) is 0 Å². The van der Waals surface area contributed by atoms with Gasteiger partial charge in [0.2, 0.25) is 5.91 Å². The minimum Gasteiger partial charge on any atom is -0.380 e. The number of piperidine rings is 1. The van der Waals surface area contributed by atoms with Gasteiger partial charge in [-0.15, -0.1) is 0 Å². The molecule has 2 fully saturated rings. The molecule has 2 atom stereocenters. The van der Waals surface area contributed by atoms with Crippen molar-refractivity contribution < 1.29 is 45.4 Å². The smallest absolute Gasteiger partial charge is 0.380 e. The fourth-order valence-electron chi connectivity index (χ4n) is 5.17. The standard InChI is InChI=1S/C27H27F7N2O3/c1-15-9-19(28)3-4-20(15)22-14-36(24(38)25(39)6-7-25)8-5-21(22)23(37)35(2)13-16-10-17(26(29,30)31)12-18(11-16)27(32,33)34/h3-4,9-12,21-22,39H,5-8,13-14H2,1-2H3. The number of hydrogen-bond donors (Lipinski definition) is 1. The van der Waals surface area contributed by atoms with Crippen LogP contribution in [-0.2, 0) is 28.5 Å². The summed E-state index contributed by atoms with van der Waals surface area (Å²) in [6, 6.07) is 5.18. The van der Waals surface area contributed by atoms with Gasteiger partial charge >= 0.3 is 12.4 Å². The second-order valence-corrected chi connectivity index (χ2v) is 10.4. The molecule has 1 saturated heterocycles. The lowest BCUT2D eigenvalue weighted by molar-refractivity contribution is -0.147. The van der Waals surface area contributed by atoms with E-state index in [1.54, 1.807) is 6.92 Å². The van der Waals surface area contributed by atoms with Crippen LogP contribution in [0, 0.1) is 18.7 Å². The number of likely N-dealkylation sites (tertiary alicyclic amines) is 1. The predicted molar refractivity (Wildman–Crippen MR) is 126 cm³/mol. The van der Waals surface area contributed by atoms with Crippen LogP contribution >= 0.6 is 0 Å². The first-order chi connectivity index (χ1) is 18.0. The van der Waals surface area contributed by atoms with E-state index < -0.39 is 65.1 Å². The number of nitrogens with zero attached hydrogens (tertiary/aromatic N) is 2. The largest absolute Gasteiger partial charge is 0.416 e. The van der Waals surface area contributed by atoms with E-state index >= 15 is 0 Å². The molecule has 1 aliphatic carbocycles. The first kappa shape index (κ1) is 28.8. The molecule has 2 aliphatic rings. The highest BCUT2D eigenvalue weighted by molar-refractivity contribution is 5.88. The van der Waals surface area contributed by atoms with Gasteiger partial charge < -0.3 is 14.9 Å². The van der Waals surface area contributed by atoms with Crippen molar-refractivity contribution in [1.82, 2.24) is 9.80 Å². The Labute approximate surface area is 220 Å². The molecule has 2 aromatic rings. The van der Waals surface area contributed by atoms with Crippen LogP contribution in [0.5, 0.6) is 0 Å². The number of rotatable bonds is 5. The molecule has 4 rings (SSSR count). The Balaban J connectivity index is 1.62. The highest BCUT2D eigenvalue weighted by atomic mass is 19.4. The Kier molecular flexibility index (Phi) is 7.48. The number of hydrogen-bond acceptors (Lipinski definition) is 3. The highest BCUT2D eigenvalue weighted by Gasteiger charge is 2.52. The van der Waals surface area contributed by atoms with Crippen LogP contribution in [-0.4, -0.2) is 52.5 Å². The Morgan fingerprint density at radius 1 is 1.03 bits per heavy atom. The van der Waals surface area contributed by atoms with Gasteiger partial charge in [-0.05, 0) is 73.2 Å². The molecule has 5 nitrogen and oxygen atoms in total. The van der Waals surface area contributed by atoms with Gasteiger partial charge in [0.15, 0.2) is 0 Å². The molecule has 1 saturated carbocycles. The van der Waals surface area contributed by atoms with Gasteiger partial charge in [-0.3, -0.25) is 9.59 Å². The van der Waals surface area contributed by atoms with Gasteiger partial charge in [0, 0.05) is 38.5 Å². The fourth-order valence-corrected chi connectivity index (χ4v) is 5.17. The third kappa shape index (κ3) is 6.21. The summed E-state index contributed by atoms with van der Waals surface area (Å²) in [4.78, 5) is 28.9. The maximum absolute atomic E-state index is 13.8. The number of amides is 2. The maximum Gasteiger partial charge on any atom is 0.416 e. The van der Waals surface area contributed by atoms with Gasteiger partial charge in [0.05, 0.1) is 11.1 Å². The zero-order valence-electron chi connectivity index (χ0n) is 21.2. The van der Waals surface area contributed by atoms with Gasteiger partial charge in [-0.2, -0.15) is 26.3 Å². The number of aryl methyl sites for hydroxylation is 1. The Morgan fingerprint density at radius 2 is 1.62 bits per heavy atom. The summed E-state index contributed by atoms with van der Waals surface area (Å²) < 4.78 is 93.6. The lowest BCUT2D eigenvalue weighted by Crippen LogP contribution is -2.50. The van der Waals surface area contributed by atoms with Crippen molar-refractivity contribution in [2.24, 2.45) is 5.92 Å². The molecule has 0 bridgehead atoms. The molecule has 0 aromatic heterocycles. The summed E-state index contributed by atoms with van der Waals surface area (Å²) in [6.45, 7) is 1.30. The molecule has 12 heteroatoms. The van der Waals surface area contributed by atoms with Crippen LogP contribution in [0.25, 0.3) is 0 Å². The Hall–Kier alpha value is -3.15. The van der Waals surface area contributed by atoms with E-state index in [2.05, 4.69) is 0 Å². The SMILES string of the molecule is Cc1cc(F)ccc1C1CN(C(=O)C2(O)CC2)CCC1C(=O)N(C)Cc1cc(C(F)(F)F)cc(C(F)(F)F)c1. The number of halogens is 7. The van der Waals surface area contributed by atoms with Crippen molar-refractivity contribution in [2.45, 2.75) is 56.6 Å². The minimum absolute atomic E-state index is 0.0270. The summed E-state index contributed by atoms with van der Waals surface area (Å²) in [7, 11) is 1.29. The third-order valence-electron chi connectivity index (χ3n) is 7.41. The summed E-state index contributed by atoms with van der Waals surface area (Å²) >= 11 is 0. The Morgan fingerprint density at radius 3 is 2.13 bits per heavy atom. The zero-order chi connectivity index (χ0) is 28.9. The van der Waals surface area contributed by atoms with Gasteiger partial charge in [0.1, 0.15) is 11.4 Å². The third-order valence-corrected chi connectivity index (χ3v) is 7.41. The van der Waals surface area contributed by atoms with E-state index in [0.717, 1.165) is 4.90 Å².